The molecule has 0 spiro atoms. The molecule has 3 rings (SSSR count). The van der Waals surface area contributed by atoms with Gasteiger partial charge < -0.3 is 4.90 Å². The smallest absolute Gasteiger partial charge is 0.254 e. The maximum absolute atomic E-state index is 12.9. The number of nitriles is 1. The molecule has 3 heteroatoms. The van der Waals surface area contributed by atoms with Crippen LogP contribution >= 0.6 is 0 Å². The lowest BCUT2D eigenvalue weighted by Crippen LogP contribution is -2.49. The molecule has 2 atom stereocenters. The molecule has 1 heterocycles. The molecule has 1 aliphatic heterocycles. The molecule has 0 fully saturated rings. The molecule has 3 nitrogen and oxygen atoms in total. The Hall–Kier alpha value is -2.60. The predicted molar refractivity (Wildman–Crippen MR) is 90.0 cm³/mol. The van der Waals surface area contributed by atoms with Crippen LogP contribution in [0.1, 0.15) is 46.4 Å². The lowest BCUT2D eigenvalue weighted by molar-refractivity contribution is 0.0591. The highest BCUT2D eigenvalue weighted by Gasteiger charge is 2.47. The topological polar surface area (TPSA) is 44.1 Å². The van der Waals surface area contributed by atoms with Crippen LogP contribution in [0, 0.1) is 18.3 Å². The molecule has 0 bridgehead atoms. The number of rotatable bonds is 2. The second-order valence-corrected chi connectivity index (χ2v) is 6.48. The van der Waals surface area contributed by atoms with Gasteiger partial charge in [0.05, 0.1) is 12.1 Å². The fourth-order valence-electron chi connectivity index (χ4n) is 4.05. The van der Waals surface area contributed by atoms with Gasteiger partial charge in [-0.15, -0.1) is 0 Å². The molecule has 23 heavy (non-hydrogen) atoms. The maximum atomic E-state index is 12.9. The fraction of sp³-hybridized carbons (Fsp3) is 0.300. The number of carbonyl (C=O) groups excluding carboxylic acids is 1. The van der Waals surface area contributed by atoms with Crippen LogP contribution in [-0.4, -0.2) is 17.9 Å². The van der Waals surface area contributed by atoms with Gasteiger partial charge in [0.15, 0.2) is 0 Å². The van der Waals surface area contributed by atoms with Crippen molar-refractivity contribution in [1.29, 1.82) is 5.26 Å². The first-order valence-electron chi connectivity index (χ1n) is 7.80. The summed E-state index contributed by atoms with van der Waals surface area (Å²) in [6, 6.07) is 18.0. The van der Waals surface area contributed by atoms with Crippen LogP contribution in [0.3, 0.4) is 0 Å². The average Bonchev–Trinajstić information content (AvgIpc) is 2.54. The first kappa shape index (κ1) is 15.3. The lowest BCUT2D eigenvalue weighted by Gasteiger charge is -2.47. The van der Waals surface area contributed by atoms with E-state index in [4.69, 9.17) is 0 Å². The lowest BCUT2D eigenvalue weighted by atomic mass is 9.65. The summed E-state index contributed by atoms with van der Waals surface area (Å²) in [5, 5.41) is 9.46. The third-order valence-electron chi connectivity index (χ3n) is 4.95. The van der Waals surface area contributed by atoms with Gasteiger partial charge in [-0.25, -0.2) is 0 Å². The predicted octanol–water partition coefficient (Wildman–Crippen LogP) is 3.99. The number of fused-ring (bicyclic) bond motifs is 1. The monoisotopic (exact) mass is 304 g/mol. The average molecular weight is 304 g/mol. The largest absolute Gasteiger partial charge is 0.334 e. The van der Waals surface area contributed by atoms with Crippen LogP contribution < -0.4 is 0 Å². The Morgan fingerprint density at radius 3 is 2.52 bits per heavy atom. The molecular weight excluding hydrogens is 284 g/mol. The van der Waals surface area contributed by atoms with Crippen LogP contribution in [-0.2, 0) is 5.41 Å². The van der Waals surface area contributed by atoms with Crippen molar-refractivity contribution in [2.45, 2.75) is 31.7 Å². The summed E-state index contributed by atoms with van der Waals surface area (Å²) in [4.78, 5) is 14.7. The molecular formula is C20H20N2O. The van der Waals surface area contributed by atoms with E-state index in [9.17, 15) is 10.1 Å². The van der Waals surface area contributed by atoms with Gasteiger partial charge in [0, 0.05) is 24.4 Å². The van der Waals surface area contributed by atoms with Crippen LogP contribution in [0.2, 0.25) is 0 Å². The third-order valence-corrected chi connectivity index (χ3v) is 4.95. The summed E-state index contributed by atoms with van der Waals surface area (Å²) in [6.45, 7) is 4.12. The molecule has 0 unspecified atom stereocenters. The molecule has 0 saturated carbocycles. The van der Waals surface area contributed by atoms with Crippen molar-refractivity contribution in [3.8, 4) is 6.07 Å². The minimum atomic E-state index is -0.431. The summed E-state index contributed by atoms with van der Waals surface area (Å²) < 4.78 is 0. The number of hydrogen-bond donors (Lipinski definition) is 0. The molecule has 0 N–H and O–H groups in total. The zero-order chi connectivity index (χ0) is 16.6. The van der Waals surface area contributed by atoms with E-state index < -0.39 is 5.41 Å². The van der Waals surface area contributed by atoms with Crippen LogP contribution in [0.5, 0.6) is 0 Å². The second-order valence-electron chi connectivity index (χ2n) is 6.48. The highest BCUT2D eigenvalue weighted by atomic mass is 16.2. The summed E-state index contributed by atoms with van der Waals surface area (Å²) in [7, 11) is 1.83. The molecule has 0 radical (unpaired) electrons. The number of amides is 1. The molecule has 2 aromatic carbocycles. The quantitative estimate of drug-likeness (QED) is 0.842. The summed E-state index contributed by atoms with van der Waals surface area (Å²) in [5.41, 5.74) is 3.44. The molecule has 0 saturated heterocycles. The zero-order valence-electron chi connectivity index (χ0n) is 13.7. The van der Waals surface area contributed by atoms with Crippen molar-refractivity contribution in [3.05, 3.63) is 70.8 Å². The van der Waals surface area contributed by atoms with Crippen molar-refractivity contribution in [1.82, 2.24) is 4.90 Å². The van der Waals surface area contributed by atoms with Crippen molar-refractivity contribution < 1.29 is 4.79 Å². The number of nitrogens with zero attached hydrogens (tertiary/aromatic N) is 2. The molecule has 1 amide bonds. The first-order valence-corrected chi connectivity index (χ1v) is 7.80. The van der Waals surface area contributed by atoms with Crippen LogP contribution in [0.15, 0.2) is 48.5 Å². The third kappa shape index (κ3) is 2.22. The first-order chi connectivity index (χ1) is 11.0. The molecule has 116 valence electrons. The van der Waals surface area contributed by atoms with Gasteiger partial charge in [0.2, 0.25) is 0 Å². The Kier molecular flexibility index (Phi) is 3.69. The number of likely N-dealkylation sites (N-methyl/N-ethyl adjacent to an activating group) is 1. The Labute approximate surface area is 137 Å². The van der Waals surface area contributed by atoms with E-state index in [1.54, 1.807) is 4.90 Å². The van der Waals surface area contributed by atoms with Crippen molar-refractivity contribution >= 4 is 5.91 Å². The minimum absolute atomic E-state index is 0.0213. The fourth-order valence-corrected chi connectivity index (χ4v) is 4.05. The Morgan fingerprint density at radius 1 is 1.17 bits per heavy atom. The van der Waals surface area contributed by atoms with Gasteiger partial charge in [0.1, 0.15) is 0 Å². The van der Waals surface area contributed by atoms with E-state index in [1.165, 1.54) is 0 Å². The van der Waals surface area contributed by atoms with E-state index in [1.807, 2.05) is 62.5 Å². The summed E-state index contributed by atoms with van der Waals surface area (Å²) in [6.07, 6.45) is 0.363. The van der Waals surface area contributed by atoms with Gasteiger partial charge in [-0.05, 0) is 29.7 Å². The molecule has 0 aliphatic carbocycles. The van der Waals surface area contributed by atoms with E-state index in [-0.39, 0.29) is 11.9 Å². The van der Waals surface area contributed by atoms with Crippen molar-refractivity contribution in [2.75, 3.05) is 7.05 Å². The SMILES string of the molecule is Cc1cccc2c1[C@@](C)(CC#N)[C@@H](c1ccccc1)N(C)C2=O. The summed E-state index contributed by atoms with van der Waals surface area (Å²) >= 11 is 0. The maximum Gasteiger partial charge on any atom is 0.254 e. The van der Waals surface area contributed by atoms with Gasteiger partial charge in [-0.2, -0.15) is 5.26 Å². The van der Waals surface area contributed by atoms with Gasteiger partial charge in [-0.3, -0.25) is 4.79 Å². The van der Waals surface area contributed by atoms with Gasteiger partial charge in [-0.1, -0.05) is 49.4 Å². The van der Waals surface area contributed by atoms with Crippen molar-refractivity contribution in [2.24, 2.45) is 0 Å². The van der Waals surface area contributed by atoms with E-state index in [2.05, 4.69) is 13.0 Å². The normalized spacial score (nSPS) is 23.3. The Balaban J connectivity index is 2.31. The van der Waals surface area contributed by atoms with E-state index in [0.29, 0.717) is 6.42 Å². The number of hydrogen-bond acceptors (Lipinski definition) is 2. The standard InChI is InChI=1S/C20H20N2O/c1-14-8-7-11-16-17(14)20(2,12-13-21)18(22(3)19(16)23)15-9-5-4-6-10-15/h4-11,18H,12H2,1-3H3/t18-,20-/m1/s1. The van der Waals surface area contributed by atoms with Crippen LogP contribution in [0.25, 0.3) is 0 Å². The van der Waals surface area contributed by atoms with Gasteiger partial charge >= 0.3 is 0 Å². The van der Waals surface area contributed by atoms with Gasteiger partial charge in [0.25, 0.3) is 5.91 Å². The number of aryl methyl sites for hydroxylation is 1. The second kappa shape index (κ2) is 5.55. The number of carbonyl (C=O) groups is 1. The molecule has 2 aromatic rings. The molecule has 1 aliphatic rings. The highest BCUT2D eigenvalue weighted by molar-refractivity contribution is 5.98. The summed E-state index contributed by atoms with van der Waals surface area (Å²) in [5.74, 6) is 0.0213. The Morgan fingerprint density at radius 2 is 1.87 bits per heavy atom. The number of benzene rings is 2. The van der Waals surface area contributed by atoms with Crippen molar-refractivity contribution in [3.63, 3.8) is 0 Å². The van der Waals surface area contributed by atoms with E-state index in [0.717, 1.165) is 22.3 Å². The molecule has 0 aromatic heterocycles. The highest BCUT2D eigenvalue weighted by Crippen LogP contribution is 2.49. The Bertz CT molecular complexity index is 791. The zero-order valence-corrected chi connectivity index (χ0v) is 13.7. The minimum Gasteiger partial charge on any atom is -0.334 e. The van der Waals surface area contributed by atoms with E-state index >= 15 is 0 Å². The van der Waals surface area contributed by atoms with Crippen LogP contribution in [0.4, 0.5) is 0 Å².